The molecule has 48 heavy (non-hydrogen) atoms. The zero-order valence-corrected chi connectivity index (χ0v) is 26.1. The normalized spacial score (nSPS) is 11.8. The van der Waals surface area contributed by atoms with Crippen molar-refractivity contribution < 1.29 is 4.42 Å². The van der Waals surface area contributed by atoms with Crippen molar-refractivity contribution in [2.75, 3.05) is 4.90 Å². The van der Waals surface area contributed by atoms with E-state index in [-0.39, 0.29) is 0 Å². The fraction of sp³-hybridized carbons (Fsp3) is 0. The maximum atomic E-state index is 6.10. The first-order valence-electron chi connectivity index (χ1n) is 16.4. The molecule has 0 aliphatic rings. The summed E-state index contributed by atoms with van der Waals surface area (Å²) in [4.78, 5) is 2.41. The maximum Gasteiger partial charge on any atom is 0.135 e. The van der Waals surface area contributed by atoms with Crippen LogP contribution in [0.15, 0.2) is 180 Å². The minimum absolute atomic E-state index is 0.912. The van der Waals surface area contributed by atoms with Crippen LogP contribution >= 0.6 is 0 Å². The fourth-order valence-electron chi connectivity index (χ4n) is 7.57. The lowest BCUT2D eigenvalue weighted by Crippen LogP contribution is -2.10. The Bertz CT molecular complexity index is 2800. The van der Waals surface area contributed by atoms with Gasteiger partial charge in [-0.25, -0.2) is 0 Å². The van der Waals surface area contributed by atoms with Crippen molar-refractivity contribution in [3.05, 3.63) is 176 Å². The van der Waals surface area contributed by atoms with Gasteiger partial charge >= 0.3 is 0 Å². The second-order valence-corrected chi connectivity index (χ2v) is 12.5. The van der Waals surface area contributed by atoms with E-state index in [1.165, 1.54) is 54.2 Å². The molecule has 10 aromatic rings. The number of fused-ring (bicyclic) bond motifs is 10. The molecule has 0 aliphatic heterocycles. The van der Waals surface area contributed by atoms with Gasteiger partial charge in [-0.2, -0.15) is 0 Å². The van der Waals surface area contributed by atoms with Crippen molar-refractivity contribution >= 4 is 82.1 Å². The lowest BCUT2D eigenvalue weighted by molar-refractivity contribution is 0.669. The molecule has 224 valence electrons. The van der Waals surface area contributed by atoms with Crippen molar-refractivity contribution in [3.8, 4) is 11.1 Å². The van der Waals surface area contributed by atoms with Crippen molar-refractivity contribution in [1.29, 1.82) is 0 Å². The van der Waals surface area contributed by atoms with Gasteiger partial charge in [0, 0.05) is 27.5 Å². The third kappa shape index (κ3) is 4.13. The number of rotatable bonds is 4. The molecule has 0 saturated carbocycles. The maximum absolute atomic E-state index is 6.10. The highest BCUT2D eigenvalue weighted by atomic mass is 16.3. The number of hydrogen-bond donors (Lipinski definition) is 0. The minimum atomic E-state index is 0.912. The molecule has 0 radical (unpaired) electrons. The average Bonchev–Trinajstić information content (AvgIpc) is 3.53. The third-order valence-corrected chi connectivity index (χ3v) is 9.83. The quantitative estimate of drug-likeness (QED) is 0.184. The lowest BCUT2D eigenvalue weighted by atomic mass is 9.94. The van der Waals surface area contributed by atoms with Crippen LogP contribution in [0.4, 0.5) is 17.1 Å². The van der Waals surface area contributed by atoms with Crippen molar-refractivity contribution in [3.63, 3.8) is 0 Å². The van der Waals surface area contributed by atoms with E-state index in [9.17, 15) is 0 Å². The standard InChI is InChI=1S/C46H29NO/c1-2-12-35-31(10-1)11-9-18-44(35)47(34-25-26-40-38-15-4-3-13-36(38)37-14-5-6-16-39(37)42(40)29-34)33-23-20-30(21-24-33)32-22-27-46-43(28-32)41-17-7-8-19-45(41)48-46/h1-29H. The van der Waals surface area contributed by atoms with Crippen LogP contribution in [-0.4, -0.2) is 0 Å². The topological polar surface area (TPSA) is 16.4 Å². The van der Waals surface area contributed by atoms with Gasteiger partial charge in [0.15, 0.2) is 0 Å². The van der Waals surface area contributed by atoms with E-state index >= 15 is 0 Å². The number of anilines is 3. The summed E-state index contributed by atoms with van der Waals surface area (Å²) >= 11 is 0. The van der Waals surface area contributed by atoms with Crippen molar-refractivity contribution in [1.82, 2.24) is 0 Å². The van der Waals surface area contributed by atoms with Gasteiger partial charge < -0.3 is 9.32 Å². The van der Waals surface area contributed by atoms with E-state index in [1.54, 1.807) is 0 Å². The van der Waals surface area contributed by atoms with E-state index in [1.807, 2.05) is 12.1 Å². The Morgan fingerprint density at radius 1 is 0.312 bits per heavy atom. The van der Waals surface area contributed by atoms with Gasteiger partial charge in [-0.15, -0.1) is 0 Å². The molecular formula is C46H29NO. The van der Waals surface area contributed by atoms with Crippen LogP contribution in [0.25, 0.3) is 76.2 Å². The van der Waals surface area contributed by atoms with Crippen LogP contribution < -0.4 is 4.90 Å². The summed E-state index contributed by atoms with van der Waals surface area (Å²) in [6.07, 6.45) is 0. The molecule has 9 aromatic carbocycles. The van der Waals surface area contributed by atoms with E-state index in [0.29, 0.717) is 0 Å². The molecular weight excluding hydrogens is 583 g/mol. The van der Waals surface area contributed by atoms with Crippen molar-refractivity contribution in [2.24, 2.45) is 0 Å². The van der Waals surface area contributed by atoms with E-state index < -0.39 is 0 Å². The van der Waals surface area contributed by atoms with Crippen LogP contribution in [0.5, 0.6) is 0 Å². The SMILES string of the molecule is c1ccc2c(N(c3ccc(-c4ccc5oc6ccccc6c5c4)cc3)c3ccc4c5ccccc5c5ccccc5c4c3)cccc2c1. The van der Waals surface area contributed by atoms with Gasteiger partial charge in [0.1, 0.15) is 11.2 Å². The predicted molar refractivity (Wildman–Crippen MR) is 204 cm³/mol. The summed E-state index contributed by atoms with van der Waals surface area (Å²) in [5.41, 5.74) is 7.54. The summed E-state index contributed by atoms with van der Waals surface area (Å²) in [5.74, 6) is 0. The Kier molecular flexibility index (Phi) is 5.91. The molecule has 0 unspecified atom stereocenters. The second kappa shape index (κ2) is 10.6. The average molecular weight is 612 g/mol. The molecule has 0 aliphatic carbocycles. The highest BCUT2D eigenvalue weighted by Gasteiger charge is 2.18. The summed E-state index contributed by atoms with van der Waals surface area (Å²) in [6, 6.07) is 63.4. The largest absolute Gasteiger partial charge is 0.456 e. The molecule has 0 spiro atoms. The number of benzene rings is 9. The molecule has 0 N–H and O–H groups in total. The fourth-order valence-corrected chi connectivity index (χ4v) is 7.57. The molecule has 1 aromatic heterocycles. The van der Waals surface area contributed by atoms with Crippen LogP contribution in [0.1, 0.15) is 0 Å². The first-order chi connectivity index (χ1) is 23.8. The van der Waals surface area contributed by atoms with Crippen LogP contribution in [-0.2, 0) is 0 Å². The van der Waals surface area contributed by atoms with Gasteiger partial charge in [-0.3, -0.25) is 0 Å². The first kappa shape index (κ1) is 26.8. The Balaban J connectivity index is 1.17. The second-order valence-electron chi connectivity index (χ2n) is 12.5. The molecule has 0 amide bonds. The summed E-state index contributed by atoms with van der Waals surface area (Å²) in [5, 5.41) is 12.3. The van der Waals surface area contributed by atoms with Gasteiger partial charge in [0.05, 0.1) is 5.69 Å². The Labute approximate surface area is 277 Å². The van der Waals surface area contributed by atoms with Crippen LogP contribution in [0, 0.1) is 0 Å². The van der Waals surface area contributed by atoms with Gasteiger partial charge in [0.25, 0.3) is 0 Å². The monoisotopic (exact) mass is 611 g/mol. The van der Waals surface area contributed by atoms with Crippen molar-refractivity contribution in [2.45, 2.75) is 0 Å². The lowest BCUT2D eigenvalue weighted by Gasteiger charge is -2.27. The van der Waals surface area contributed by atoms with E-state index in [2.05, 4.69) is 169 Å². The van der Waals surface area contributed by atoms with Gasteiger partial charge in [-0.05, 0) is 97.4 Å². The summed E-state index contributed by atoms with van der Waals surface area (Å²) in [7, 11) is 0. The van der Waals surface area contributed by atoms with E-state index in [4.69, 9.17) is 4.42 Å². The highest BCUT2D eigenvalue weighted by Crippen LogP contribution is 2.43. The van der Waals surface area contributed by atoms with Gasteiger partial charge in [0.2, 0.25) is 0 Å². The van der Waals surface area contributed by atoms with E-state index in [0.717, 1.165) is 39.0 Å². The zero-order chi connectivity index (χ0) is 31.6. The first-order valence-corrected chi connectivity index (χ1v) is 16.4. The highest BCUT2D eigenvalue weighted by molar-refractivity contribution is 6.26. The molecule has 0 atom stereocenters. The van der Waals surface area contributed by atoms with Crippen LogP contribution in [0.3, 0.4) is 0 Å². The number of hydrogen-bond acceptors (Lipinski definition) is 2. The van der Waals surface area contributed by atoms with Crippen LogP contribution in [0.2, 0.25) is 0 Å². The molecule has 1 heterocycles. The molecule has 0 saturated heterocycles. The molecule has 0 bridgehead atoms. The predicted octanol–water partition coefficient (Wildman–Crippen LogP) is 13.3. The number of nitrogens with zero attached hydrogens (tertiary/aromatic N) is 1. The number of furan rings is 1. The summed E-state index contributed by atoms with van der Waals surface area (Å²) < 4.78 is 6.10. The Morgan fingerprint density at radius 2 is 0.854 bits per heavy atom. The zero-order valence-electron chi connectivity index (χ0n) is 26.1. The Hall–Kier alpha value is -6.38. The molecule has 2 heteroatoms. The minimum Gasteiger partial charge on any atom is -0.456 e. The molecule has 0 fully saturated rings. The third-order valence-electron chi connectivity index (χ3n) is 9.83. The number of para-hydroxylation sites is 1. The molecule has 2 nitrogen and oxygen atoms in total. The smallest absolute Gasteiger partial charge is 0.135 e. The Morgan fingerprint density at radius 3 is 1.60 bits per heavy atom. The molecule has 10 rings (SSSR count). The summed E-state index contributed by atoms with van der Waals surface area (Å²) in [6.45, 7) is 0. The van der Waals surface area contributed by atoms with Gasteiger partial charge in [-0.1, -0.05) is 127 Å².